The van der Waals surface area contributed by atoms with Crippen molar-refractivity contribution in [3.63, 3.8) is 0 Å². The number of carboxylic acids is 1. The van der Waals surface area contributed by atoms with E-state index in [4.69, 9.17) is 9.47 Å². The van der Waals surface area contributed by atoms with Gasteiger partial charge in [-0.1, -0.05) is 57.2 Å². The summed E-state index contributed by atoms with van der Waals surface area (Å²) < 4.78 is 10.7. The maximum absolute atomic E-state index is 13.4. The number of aliphatic carboxylic acids is 1. The van der Waals surface area contributed by atoms with Gasteiger partial charge >= 0.3 is 12.0 Å². The van der Waals surface area contributed by atoms with Crippen LogP contribution in [0.15, 0.2) is 66.7 Å². The molecule has 2 atom stereocenters. The van der Waals surface area contributed by atoms with Crippen LogP contribution in [0.3, 0.4) is 0 Å². The molecule has 0 fully saturated rings. The first-order valence-corrected chi connectivity index (χ1v) is 14.6. The summed E-state index contributed by atoms with van der Waals surface area (Å²) in [6.45, 7) is 5.95. The minimum Gasteiger partial charge on any atom is -0.481 e. The number of carbonyl (C=O) groups excluding carboxylic acids is 3. The Hall–Kier alpha value is -5.06. The minimum absolute atomic E-state index is 0.0128. The summed E-state index contributed by atoms with van der Waals surface area (Å²) >= 11 is 0. The second kappa shape index (κ2) is 14.9. The number of rotatable bonds is 13. The number of urea groups is 1. The number of benzene rings is 3. The number of ether oxygens (including phenoxy) is 2. The number of hydrogen-bond donors (Lipinski definition) is 5. The molecule has 0 aliphatic carbocycles. The van der Waals surface area contributed by atoms with Gasteiger partial charge in [-0.2, -0.15) is 0 Å². The van der Waals surface area contributed by atoms with Crippen LogP contribution in [-0.2, 0) is 27.2 Å². The Morgan fingerprint density at radius 3 is 2.32 bits per heavy atom. The van der Waals surface area contributed by atoms with Crippen molar-refractivity contribution in [3.8, 4) is 11.5 Å². The van der Waals surface area contributed by atoms with Crippen molar-refractivity contribution in [2.24, 2.45) is 5.92 Å². The molecule has 5 N–H and O–H groups in total. The molecule has 0 unspecified atom stereocenters. The van der Waals surface area contributed by atoms with Crippen LogP contribution in [0.5, 0.6) is 11.5 Å². The predicted molar refractivity (Wildman–Crippen MR) is 166 cm³/mol. The van der Waals surface area contributed by atoms with E-state index in [0.29, 0.717) is 34.7 Å². The molecule has 3 aromatic carbocycles. The highest BCUT2D eigenvalue weighted by molar-refractivity contribution is 6.00. The quantitative estimate of drug-likeness (QED) is 0.184. The zero-order valence-electron chi connectivity index (χ0n) is 25.0. The summed E-state index contributed by atoms with van der Waals surface area (Å²) in [4.78, 5) is 50.5. The Labute approximate surface area is 256 Å². The summed E-state index contributed by atoms with van der Waals surface area (Å²) in [5.41, 5.74) is 3.57. The molecule has 4 rings (SSSR count). The minimum atomic E-state index is -1.08. The first-order chi connectivity index (χ1) is 21.1. The number of aryl methyl sites for hydroxylation is 1. The highest BCUT2D eigenvalue weighted by Crippen LogP contribution is 2.35. The van der Waals surface area contributed by atoms with E-state index in [2.05, 4.69) is 21.3 Å². The number of carbonyl (C=O) groups is 4. The van der Waals surface area contributed by atoms with Crippen molar-refractivity contribution in [2.45, 2.75) is 58.5 Å². The Bertz CT molecular complexity index is 1490. The fourth-order valence-corrected chi connectivity index (χ4v) is 4.90. The molecule has 44 heavy (non-hydrogen) atoms. The molecule has 4 amide bonds. The zero-order valence-corrected chi connectivity index (χ0v) is 25.0. The van der Waals surface area contributed by atoms with Crippen LogP contribution < -0.4 is 30.7 Å². The van der Waals surface area contributed by atoms with E-state index in [9.17, 15) is 24.3 Å². The van der Waals surface area contributed by atoms with Gasteiger partial charge in [-0.25, -0.2) is 4.79 Å². The molecule has 11 nitrogen and oxygen atoms in total. The third kappa shape index (κ3) is 8.97. The molecule has 0 saturated carbocycles. The van der Waals surface area contributed by atoms with E-state index in [-0.39, 0.29) is 37.5 Å². The van der Waals surface area contributed by atoms with Crippen LogP contribution in [0.4, 0.5) is 16.2 Å². The van der Waals surface area contributed by atoms with E-state index in [1.807, 2.05) is 45.0 Å². The summed E-state index contributed by atoms with van der Waals surface area (Å²) in [7, 11) is 0. The van der Waals surface area contributed by atoms with Gasteiger partial charge in [0.25, 0.3) is 0 Å². The Balaban J connectivity index is 1.36. The Kier molecular flexibility index (Phi) is 10.8. The Morgan fingerprint density at radius 1 is 0.886 bits per heavy atom. The van der Waals surface area contributed by atoms with Gasteiger partial charge in [0.2, 0.25) is 18.6 Å². The lowest BCUT2D eigenvalue weighted by molar-refractivity contribution is -0.138. The molecule has 0 aromatic heterocycles. The Morgan fingerprint density at radius 2 is 1.61 bits per heavy atom. The van der Waals surface area contributed by atoms with E-state index in [1.165, 1.54) is 0 Å². The summed E-state index contributed by atoms with van der Waals surface area (Å²) in [5.74, 6) is -0.829. The lowest BCUT2D eigenvalue weighted by atomic mass is 9.99. The fraction of sp³-hybridized carbons (Fsp3) is 0.333. The lowest BCUT2D eigenvalue weighted by Gasteiger charge is -2.24. The molecule has 3 aromatic rings. The number of fused-ring (bicyclic) bond motifs is 1. The van der Waals surface area contributed by atoms with Crippen LogP contribution in [-0.4, -0.2) is 41.8 Å². The number of anilines is 2. The maximum Gasteiger partial charge on any atom is 0.323 e. The summed E-state index contributed by atoms with van der Waals surface area (Å²) in [5, 5.41) is 20.8. The molecule has 1 heterocycles. The smallest absolute Gasteiger partial charge is 0.323 e. The van der Waals surface area contributed by atoms with E-state index in [0.717, 1.165) is 17.7 Å². The first kappa shape index (κ1) is 31.9. The van der Waals surface area contributed by atoms with Gasteiger partial charge in [0, 0.05) is 11.4 Å². The van der Waals surface area contributed by atoms with Crippen LogP contribution >= 0.6 is 0 Å². The van der Waals surface area contributed by atoms with Gasteiger partial charge in [-0.15, -0.1) is 0 Å². The number of hydrogen-bond acceptors (Lipinski definition) is 6. The van der Waals surface area contributed by atoms with Gasteiger partial charge in [-0.3, -0.25) is 14.4 Å². The van der Waals surface area contributed by atoms with E-state index < -0.39 is 24.0 Å². The van der Waals surface area contributed by atoms with Gasteiger partial charge in [0.15, 0.2) is 11.5 Å². The van der Waals surface area contributed by atoms with Crippen molar-refractivity contribution >= 4 is 35.2 Å². The SMILES string of the molecule is CCc1ccccc1NC(=O)Nc1ccc(CC(=O)N[C@@H](CC(C)C)C(=O)N[C@@H](CC(=O)O)c2ccc3c(c2)OCO3)cc1. The normalized spacial score (nSPS) is 13.1. The van der Waals surface area contributed by atoms with Crippen molar-refractivity contribution < 1.29 is 33.8 Å². The predicted octanol–water partition coefficient (Wildman–Crippen LogP) is 5.03. The maximum atomic E-state index is 13.4. The average Bonchev–Trinajstić information content (AvgIpc) is 3.45. The molecule has 1 aliphatic rings. The third-order valence-electron chi connectivity index (χ3n) is 7.08. The topological polar surface area (TPSA) is 155 Å². The lowest BCUT2D eigenvalue weighted by Crippen LogP contribution is -2.49. The standard InChI is InChI=1S/C33H38N4O7/c1-4-22-7-5-6-8-25(22)37-33(42)34-24-12-9-21(10-13-24)16-30(38)35-27(15-20(2)3)32(41)36-26(18-31(39)40)23-11-14-28-29(17-23)44-19-43-28/h5-14,17,20,26-27H,4,15-16,18-19H2,1-3H3,(H,35,38)(H,36,41)(H,39,40)(H2,34,37,42)/t26-,27-/m0/s1. The number of amides is 4. The molecule has 0 radical (unpaired) electrons. The van der Waals surface area contributed by atoms with Gasteiger partial charge in [0.1, 0.15) is 6.04 Å². The molecular formula is C33H38N4O7. The van der Waals surface area contributed by atoms with E-state index >= 15 is 0 Å². The van der Waals surface area contributed by atoms with Gasteiger partial charge < -0.3 is 35.8 Å². The fourth-order valence-electron chi connectivity index (χ4n) is 4.90. The summed E-state index contributed by atoms with van der Waals surface area (Å²) in [6.07, 6.45) is 0.809. The number of para-hydroxylation sites is 1. The number of nitrogens with one attached hydrogen (secondary N) is 4. The van der Waals surface area contributed by atoms with Crippen molar-refractivity contribution in [1.82, 2.24) is 10.6 Å². The third-order valence-corrected chi connectivity index (χ3v) is 7.08. The molecular weight excluding hydrogens is 564 g/mol. The molecule has 0 bridgehead atoms. The second-order valence-corrected chi connectivity index (χ2v) is 11.0. The average molecular weight is 603 g/mol. The molecule has 1 aliphatic heterocycles. The second-order valence-electron chi connectivity index (χ2n) is 11.0. The molecule has 0 spiro atoms. The molecule has 0 saturated heterocycles. The highest BCUT2D eigenvalue weighted by Gasteiger charge is 2.27. The van der Waals surface area contributed by atoms with Crippen LogP contribution in [0, 0.1) is 5.92 Å². The van der Waals surface area contributed by atoms with Crippen LogP contribution in [0.2, 0.25) is 0 Å². The van der Waals surface area contributed by atoms with E-state index in [1.54, 1.807) is 42.5 Å². The van der Waals surface area contributed by atoms with Crippen molar-refractivity contribution in [1.29, 1.82) is 0 Å². The molecule has 232 valence electrons. The van der Waals surface area contributed by atoms with Crippen LogP contribution in [0.1, 0.15) is 56.3 Å². The zero-order chi connectivity index (χ0) is 31.6. The van der Waals surface area contributed by atoms with Gasteiger partial charge in [-0.05, 0) is 65.8 Å². The molecule has 11 heteroatoms. The van der Waals surface area contributed by atoms with Crippen LogP contribution in [0.25, 0.3) is 0 Å². The van der Waals surface area contributed by atoms with Gasteiger partial charge in [0.05, 0.1) is 18.9 Å². The monoisotopic (exact) mass is 602 g/mol. The van der Waals surface area contributed by atoms with Crippen molar-refractivity contribution in [2.75, 3.05) is 17.4 Å². The summed E-state index contributed by atoms with van der Waals surface area (Å²) in [6, 6.07) is 17.4. The number of carboxylic acid groups (broad SMARTS) is 1. The largest absolute Gasteiger partial charge is 0.481 e. The first-order valence-electron chi connectivity index (χ1n) is 14.6. The van der Waals surface area contributed by atoms with Crippen molar-refractivity contribution in [3.05, 3.63) is 83.4 Å². The highest BCUT2D eigenvalue weighted by atomic mass is 16.7.